The van der Waals surface area contributed by atoms with E-state index in [0.717, 1.165) is 11.1 Å². The maximum Gasteiger partial charge on any atom is 0.274 e. The fourth-order valence-corrected chi connectivity index (χ4v) is 2.36. The van der Waals surface area contributed by atoms with Gasteiger partial charge in [-0.3, -0.25) is 9.78 Å². The van der Waals surface area contributed by atoms with Gasteiger partial charge in [0, 0.05) is 18.0 Å². The second-order valence-electron chi connectivity index (χ2n) is 5.06. The van der Waals surface area contributed by atoms with Crippen LogP contribution in [-0.4, -0.2) is 15.2 Å². The summed E-state index contributed by atoms with van der Waals surface area (Å²) in [6.07, 6.45) is 0.348. The summed E-state index contributed by atoms with van der Waals surface area (Å²) in [5.74, 6) is 0.349. The second-order valence-corrected chi connectivity index (χ2v) is 5.46. The van der Waals surface area contributed by atoms with Crippen molar-refractivity contribution in [3.8, 4) is 0 Å². The smallest absolute Gasteiger partial charge is 0.274 e. The van der Waals surface area contributed by atoms with E-state index in [-0.39, 0.29) is 5.56 Å². The molecule has 6 heteroatoms. The van der Waals surface area contributed by atoms with Gasteiger partial charge in [0.1, 0.15) is 5.69 Å². The molecule has 0 unspecified atom stereocenters. The molecule has 2 aromatic carbocycles. The zero-order valence-corrected chi connectivity index (χ0v) is 13.0. The van der Waals surface area contributed by atoms with E-state index in [1.54, 1.807) is 6.07 Å². The van der Waals surface area contributed by atoms with E-state index in [9.17, 15) is 4.79 Å². The molecule has 0 amide bonds. The molecule has 0 radical (unpaired) electrons. The molecule has 1 heterocycles. The lowest BCUT2D eigenvalue weighted by molar-refractivity contribution is 0.860. The average Bonchev–Trinajstić information content (AvgIpc) is 2.58. The molecule has 0 atom stereocenters. The first kappa shape index (κ1) is 15.2. The molecule has 2 N–H and O–H groups in total. The van der Waals surface area contributed by atoms with Crippen LogP contribution in [0.3, 0.4) is 0 Å². The lowest BCUT2D eigenvalue weighted by Crippen LogP contribution is -2.19. The van der Waals surface area contributed by atoms with Gasteiger partial charge in [0.05, 0.1) is 0 Å². The molecule has 0 aliphatic carbocycles. The van der Waals surface area contributed by atoms with Crippen molar-refractivity contribution in [1.29, 1.82) is 0 Å². The fourth-order valence-electron chi connectivity index (χ4n) is 2.16. The van der Waals surface area contributed by atoms with Crippen molar-refractivity contribution < 1.29 is 0 Å². The molecule has 0 saturated carbocycles. The van der Waals surface area contributed by atoms with Crippen molar-refractivity contribution in [2.75, 3.05) is 5.32 Å². The summed E-state index contributed by atoms with van der Waals surface area (Å²) in [5, 5.41) is 11.7. The first-order chi connectivity index (χ1) is 11.2. The average molecular weight is 327 g/mol. The zero-order valence-electron chi connectivity index (χ0n) is 12.3. The van der Waals surface area contributed by atoms with Gasteiger partial charge in [0.25, 0.3) is 5.56 Å². The molecule has 116 valence electrons. The summed E-state index contributed by atoms with van der Waals surface area (Å²) in [7, 11) is 0. The SMILES string of the molecule is O=c1[nH]c(NCc2ccccc2)nnc1Cc1ccccc1Cl. The van der Waals surface area contributed by atoms with Gasteiger partial charge >= 0.3 is 0 Å². The molecule has 3 rings (SSSR count). The largest absolute Gasteiger partial charge is 0.350 e. The van der Waals surface area contributed by atoms with Crippen molar-refractivity contribution in [1.82, 2.24) is 15.2 Å². The molecule has 0 fully saturated rings. The summed E-state index contributed by atoms with van der Waals surface area (Å²) in [4.78, 5) is 14.8. The third kappa shape index (κ3) is 3.96. The maximum absolute atomic E-state index is 12.1. The number of hydrogen-bond acceptors (Lipinski definition) is 4. The minimum Gasteiger partial charge on any atom is -0.350 e. The number of benzene rings is 2. The van der Waals surface area contributed by atoms with E-state index in [0.29, 0.717) is 29.6 Å². The Balaban J connectivity index is 1.71. The molecule has 0 saturated heterocycles. The van der Waals surface area contributed by atoms with Crippen LogP contribution in [0.1, 0.15) is 16.8 Å². The summed E-state index contributed by atoms with van der Waals surface area (Å²) in [5.41, 5.74) is 2.01. The van der Waals surface area contributed by atoms with E-state index >= 15 is 0 Å². The molecule has 0 bridgehead atoms. The van der Waals surface area contributed by atoms with Crippen LogP contribution in [0.5, 0.6) is 0 Å². The normalized spacial score (nSPS) is 10.5. The Hall–Kier alpha value is -2.66. The van der Waals surface area contributed by atoms with Crippen molar-refractivity contribution in [2.24, 2.45) is 0 Å². The van der Waals surface area contributed by atoms with Gasteiger partial charge in [-0.2, -0.15) is 0 Å². The van der Waals surface area contributed by atoms with Crippen molar-refractivity contribution >= 4 is 17.5 Å². The highest BCUT2D eigenvalue weighted by atomic mass is 35.5. The molecular weight excluding hydrogens is 312 g/mol. The van der Waals surface area contributed by atoms with Gasteiger partial charge in [-0.1, -0.05) is 60.1 Å². The number of rotatable bonds is 5. The maximum atomic E-state index is 12.1. The predicted molar refractivity (Wildman–Crippen MR) is 90.7 cm³/mol. The Morgan fingerprint density at radius 3 is 2.48 bits per heavy atom. The van der Waals surface area contributed by atoms with Gasteiger partial charge in [-0.05, 0) is 17.2 Å². The quantitative estimate of drug-likeness (QED) is 0.756. The fraction of sp³-hybridized carbons (Fsp3) is 0.118. The topological polar surface area (TPSA) is 70.7 Å². The minimum atomic E-state index is -0.268. The first-order valence-corrected chi connectivity index (χ1v) is 7.57. The molecular formula is C17H15ClN4O. The van der Waals surface area contributed by atoms with Gasteiger partial charge < -0.3 is 5.32 Å². The Labute approximate surface area is 138 Å². The third-order valence-electron chi connectivity index (χ3n) is 3.38. The Kier molecular flexibility index (Phi) is 4.68. The molecule has 3 aromatic rings. The lowest BCUT2D eigenvalue weighted by atomic mass is 10.1. The predicted octanol–water partition coefficient (Wildman–Crippen LogP) is 3.02. The molecule has 23 heavy (non-hydrogen) atoms. The number of aromatic amines is 1. The van der Waals surface area contributed by atoms with Gasteiger partial charge in [-0.25, -0.2) is 0 Å². The second kappa shape index (κ2) is 7.07. The van der Waals surface area contributed by atoms with Crippen LogP contribution in [0.15, 0.2) is 59.4 Å². The Morgan fingerprint density at radius 1 is 1.00 bits per heavy atom. The minimum absolute atomic E-state index is 0.268. The monoisotopic (exact) mass is 326 g/mol. The van der Waals surface area contributed by atoms with Gasteiger partial charge in [-0.15, -0.1) is 10.2 Å². The van der Waals surface area contributed by atoms with Crippen molar-refractivity contribution in [3.05, 3.63) is 86.8 Å². The molecule has 5 nitrogen and oxygen atoms in total. The Bertz CT molecular complexity index is 848. The summed E-state index contributed by atoms with van der Waals surface area (Å²) >= 11 is 6.10. The number of hydrogen-bond donors (Lipinski definition) is 2. The number of nitrogens with one attached hydrogen (secondary N) is 2. The number of nitrogens with zero attached hydrogens (tertiary/aromatic N) is 2. The number of H-pyrrole nitrogens is 1. The highest BCUT2D eigenvalue weighted by molar-refractivity contribution is 6.31. The van der Waals surface area contributed by atoms with E-state index in [1.165, 1.54) is 0 Å². The Morgan fingerprint density at radius 2 is 1.74 bits per heavy atom. The van der Waals surface area contributed by atoms with Crippen LogP contribution in [0, 0.1) is 0 Å². The summed E-state index contributed by atoms with van der Waals surface area (Å²) < 4.78 is 0. The summed E-state index contributed by atoms with van der Waals surface area (Å²) in [6, 6.07) is 17.2. The highest BCUT2D eigenvalue weighted by Crippen LogP contribution is 2.16. The first-order valence-electron chi connectivity index (χ1n) is 7.19. The summed E-state index contributed by atoms with van der Waals surface area (Å²) in [6.45, 7) is 0.565. The van der Waals surface area contributed by atoms with E-state index in [4.69, 9.17) is 11.6 Å². The number of aromatic nitrogens is 3. The zero-order chi connectivity index (χ0) is 16.1. The van der Waals surface area contributed by atoms with Crippen LogP contribution in [-0.2, 0) is 13.0 Å². The molecule has 0 aliphatic heterocycles. The van der Waals surface area contributed by atoms with Gasteiger partial charge in [0.2, 0.25) is 5.95 Å². The molecule has 0 aliphatic rings. The van der Waals surface area contributed by atoms with Crippen LogP contribution in [0.25, 0.3) is 0 Å². The highest BCUT2D eigenvalue weighted by Gasteiger charge is 2.08. The van der Waals surface area contributed by atoms with Crippen LogP contribution >= 0.6 is 11.6 Å². The van der Waals surface area contributed by atoms with Crippen LogP contribution < -0.4 is 10.9 Å². The molecule has 0 spiro atoms. The van der Waals surface area contributed by atoms with Gasteiger partial charge in [0.15, 0.2) is 0 Å². The standard InChI is InChI=1S/C17H15ClN4O/c18-14-9-5-4-8-13(14)10-15-16(23)20-17(22-21-15)19-11-12-6-2-1-3-7-12/h1-9H,10-11H2,(H2,19,20,22,23). The van der Waals surface area contributed by atoms with E-state index in [1.807, 2.05) is 48.5 Å². The van der Waals surface area contributed by atoms with Crippen LogP contribution in [0.4, 0.5) is 5.95 Å². The van der Waals surface area contributed by atoms with E-state index < -0.39 is 0 Å². The third-order valence-corrected chi connectivity index (χ3v) is 3.75. The van der Waals surface area contributed by atoms with E-state index in [2.05, 4.69) is 20.5 Å². The number of anilines is 1. The lowest BCUT2D eigenvalue weighted by Gasteiger charge is -2.06. The number of halogens is 1. The molecule has 1 aromatic heterocycles. The van der Waals surface area contributed by atoms with Crippen LogP contribution in [0.2, 0.25) is 5.02 Å². The van der Waals surface area contributed by atoms with Crippen molar-refractivity contribution in [3.63, 3.8) is 0 Å². The van der Waals surface area contributed by atoms with Crippen molar-refractivity contribution in [2.45, 2.75) is 13.0 Å².